The third kappa shape index (κ3) is 4.07. The third-order valence-electron chi connectivity index (χ3n) is 1.65. The molecular formula is C9H6BrI2N5. The average molecular weight is 518 g/mol. The molecule has 0 unspecified atom stereocenters. The number of hydrogen-bond donors (Lipinski definition) is 3. The van der Waals surface area contributed by atoms with E-state index >= 15 is 0 Å². The summed E-state index contributed by atoms with van der Waals surface area (Å²) in [6, 6.07) is 5.58. The summed E-state index contributed by atoms with van der Waals surface area (Å²) in [4.78, 5) is 0. The molecule has 5 nitrogen and oxygen atoms in total. The molecule has 0 amide bonds. The maximum atomic E-state index is 8.70. The van der Waals surface area contributed by atoms with Gasteiger partial charge >= 0.3 is 0 Å². The van der Waals surface area contributed by atoms with Gasteiger partial charge in [0.05, 0.1) is 5.69 Å². The maximum absolute atomic E-state index is 8.70. The molecule has 0 spiro atoms. The maximum Gasteiger partial charge on any atom is 0.201 e. The van der Waals surface area contributed by atoms with Crippen LogP contribution in [0.2, 0.25) is 0 Å². The fourth-order valence-electron chi connectivity index (χ4n) is 0.906. The predicted molar refractivity (Wildman–Crippen MR) is 88.2 cm³/mol. The first kappa shape index (κ1) is 14.7. The van der Waals surface area contributed by atoms with Gasteiger partial charge in [-0.15, -0.1) is 0 Å². The predicted octanol–water partition coefficient (Wildman–Crippen LogP) is 2.89. The summed E-state index contributed by atoms with van der Waals surface area (Å²) in [5.74, 6) is -0.359. The molecule has 0 saturated carbocycles. The van der Waals surface area contributed by atoms with Crippen LogP contribution in [0, 0.1) is 23.9 Å². The van der Waals surface area contributed by atoms with Crippen molar-refractivity contribution in [2.24, 2.45) is 10.8 Å². The van der Waals surface area contributed by atoms with Crippen LogP contribution in [0.15, 0.2) is 21.7 Å². The number of halogens is 3. The van der Waals surface area contributed by atoms with E-state index in [1.54, 1.807) is 6.07 Å². The second kappa shape index (κ2) is 6.50. The Bertz CT molecular complexity index is 512. The van der Waals surface area contributed by atoms with E-state index in [1.165, 1.54) is 0 Å². The average Bonchev–Trinajstić information content (AvgIpc) is 2.21. The van der Waals surface area contributed by atoms with E-state index in [4.69, 9.17) is 16.4 Å². The van der Waals surface area contributed by atoms with E-state index in [9.17, 15) is 0 Å². The van der Waals surface area contributed by atoms with E-state index in [1.807, 2.05) is 12.1 Å². The molecule has 4 N–H and O–H groups in total. The Balaban J connectivity index is 3.05. The van der Waals surface area contributed by atoms with Crippen LogP contribution in [0.1, 0.15) is 0 Å². The van der Waals surface area contributed by atoms with Crippen LogP contribution in [0.5, 0.6) is 0 Å². The summed E-state index contributed by atoms with van der Waals surface area (Å²) in [6.07, 6.45) is 0. The Kier molecular flexibility index (Phi) is 5.60. The molecule has 0 aliphatic heterocycles. The minimum atomic E-state index is -0.359. The van der Waals surface area contributed by atoms with Gasteiger partial charge < -0.3 is 5.73 Å². The largest absolute Gasteiger partial charge is 0.382 e. The molecule has 1 aromatic carbocycles. The molecule has 0 fully saturated rings. The lowest BCUT2D eigenvalue weighted by atomic mass is 10.3. The number of amidine groups is 1. The van der Waals surface area contributed by atoms with Crippen molar-refractivity contribution in [1.29, 1.82) is 10.7 Å². The van der Waals surface area contributed by atoms with Crippen molar-refractivity contribution in [3.8, 4) is 6.07 Å². The fraction of sp³-hybridized carbons (Fsp3) is 0. The van der Waals surface area contributed by atoms with Gasteiger partial charge in [0.1, 0.15) is 6.07 Å². The van der Waals surface area contributed by atoms with Gasteiger partial charge in [-0.3, -0.25) is 10.8 Å². The standard InChI is InChI=1S/C9H6BrI2N5/c10-4-1-5(11)8(6(12)2-4)17-16-7(3-13)9(14)15/h1-2,17H,(H3,14,15)/b16-7+. The molecule has 17 heavy (non-hydrogen) atoms. The quantitative estimate of drug-likeness (QED) is 0.249. The second-order valence-corrected chi connectivity index (χ2v) is 6.08. The molecule has 88 valence electrons. The number of hydrazone groups is 1. The molecule has 0 atom stereocenters. The lowest BCUT2D eigenvalue weighted by molar-refractivity contribution is 1.31. The first-order valence-electron chi connectivity index (χ1n) is 4.18. The lowest BCUT2D eigenvalue weighted by Gasteiger charge is -2.07. The molecular weight excluding hydrogens is 512 g/mol. The minimum absolute atomic E-state index is 0.139. The summed E-state index contributed by atoms with van der Waals surface area (Å²) >= 11 is 7.69. The van der Waals surface area contributed by atoms with Crippen LogP contribution in [0.3, 0.4) is 0 Å². The summed E-state index contributed by atoms with van der Waals surface area (Å²) in [5.41, 5.74) is 8.58. The monoisotopic (exact) mass is 517 g/mol. The van der Waals surface area contributed by atoms with Crippen LogP contribution in [0.4, 0.5) is 5.69 Å². The van der Waals surface area contributed by atoms with Crippen LogP contribution in [-0.2, 0) is 0 Å². The van der Waals surface area contributed by atoms with Gasteiger partial charge in [-0.05, 0) is 57.3 Å². The van der Waals surface area contributed by atoms with Gasteiger partial charge in [-0.25, -0.2) is 0 Å². The van der Waals surface area contributed by atoms with Crippen LogP contribution in [0.25, 0.3) is 0 Å². The van der Waals surface area contributed by atoms with E-state index in [-0.39, 0.29) is 11.5 Å². The zero-order chi connectivity index (χ0) is 13.0. The zero-order valence-electron chi connectivity index (χ0n) is 8.26. The Morgan fingerprint density at radius 1 is 1.47 bits per heavy atom. The first-order valence-corrected chi connectivity index (χ1v) is 7.13. The number of nitrogens with one attached hydrogen (secondary N) is 2. The number of nitrogens with two attached hydrogens (primary N) is 1. The first-order chi connectivity index (χ1) is 7.95. The van der Waals surface area contributed by atoms with E-state index in [2.05, 4.69) is 71.6 Å². The van der Waals surface area contributed by atoms with Gasteiger partial charge in [-0.1, -0.05) is 15.9 Å². The topological polar surface area (TPSA) is 98.0 Å². The van der Waals surface area contributed by atoms with Crippen molar-refractivity contribution in [1.82, 2.24) is 0 Å². The van der Waals surface area contributed by atoms with Gasteiger partial charge in [0, 0.05) is 11.6 Å². The van der Waals surface area contributed by atoms with Crippen molar-refractivity contribution in [2.45, 2.75) is 0 Å². The van der Waals surface area contributed by atoms with Crippen molar-refractivity contribution in [2.75, 3.05) is 5.43 Å². The summed E-state index contributed by atoms with van der Waals surface area (Å²) in [7, 11) is 0. The Labute approximate surface area is 134 Å². The van der Waals surface area contributed by atoms with Gasteiger partial charge in [0.2, 0.25) is 5.71 Å². The zero-order valence-corrected chi connectivity index (χ0v) is 14.2. The van der Waals surface area contributed by atoms with Gasteiger partial charge in [0.15, 0.2) is 5.84 Å². The SMILES string of the molecule is N#C/C(=N\Nc1c(I)cc(Br)cc1I)C(=N)N. The lowest BCUT2D eigenvalue weighted by Crippen LogP contribution is -2.22. The van der Waals surface area contributed by atoms with Crippen molar-refractivity contribution < 1.29 is 0 Å². The Hall–Kier alpha value is -0.410. The molecule has 1 aromatic rings. The van der Waals surface area contributed by atoms with Gasteiger partial charge in [-0.2, -0.15) is 10.4 Å². The van der Waals surface area contributed by atoms with Crippen LogP contribution < -0.4 is 11.2 Å². The fourth-order valence-corrected chi connectivity index (χ4v) is 4.23. The van der Waals surface area contributed by atoms with Crippen molar-refractivity contribution in [3.05, 3.63) is 23.7 Å². The highest BCUT2D eigenvalue weighted by Crippen LogP contribution is 2.28. The number of benzene rings is 1. The van der Waals surface area contributed by atoms with Crippen molar-refractivity contribution in [3.63, 3.8) is 0 Å². The minimum Gasteiger partial charge on any atom is -0.382 e. The highest BCUT2D eigenvalue weighted by molar-refractivity contribution is 14.1. The van der Waals surface area contributed by atoms with Crippen LogP contribution in [-0.4, -0.2) is 11.5 Å². The summed E-state index contributed by atoms with van der Waals surface area (Å²) in [6.45, 7) is 0. The van der Waals surface area contributed by atoms with E-state index < -0.39 is 0 Å². The molecule has 1 rings (SSSR count). The molecule has 0 bridgehead atoms. The van der Waals surface area contributed by atoms with Gasteiger partial charge in [0.25, 0.3) is 0 Å². The smallest absolute Gasteiger partial charge is 0.201 e. The molecule has 0 saturated heterocycles. The van der Waals surface area contributed by atoms with Crippen LogP contribution >= 0.6 is 61.1 Å². The molecule has 0 radical (unpaired) electrons. The molecule has 8 heteroatoms. The second-order valence-electron chi connectivity index (χ2n) is 2.84. The summed E-state index contributed by atoms with van der Waals surface area (Å²) in [5, 5.41) is 19.6. The van der Waals surface area contributed by atoms with E-state index in [0.717, 1.165) is 17.3 Å². The number of rotatable bonds is 3. The summed E-state index contributed by atoms with van der Waals surface area (Å²) < 4.78 is 2.87. The molecule has 0 heterocycles. The van der Waals surface area contributed by atoms with E-state index in [0.29, 0.717) is 0 Å². The number of anilines is 1. The Morgan fingerprint density at radius 2 is 2.00 bits per heavy atom. The Morgan fingerprint density at radius 3 is 2.41 bits per heavy atom. The number of nitrogens with zero attached hydrogens (tertiary/aromatic N) is 2. The highest BCUT2D eigenvalue weighted by atomic mass is 127. The number of hydrogen-bond acceptors (Lipinski definition) is 4. The highest BCUT2D eigenvalue weighted by Gasteiger charge is 2.07. The number of nitriles is 1. The van der Waals surface area contributed by atoms with Crippen molar-refractivity contribution >= 4 is 78.3 Å². The normalized spacial score (nSPS) is 10.8. The third-order valence-corrected chi connectivity index (χ3v) is 3.81. The molecule has 0 aliphatic carbocycles. The molecule has 0 aliphatic rings. The molecule has 0 aromatic heterocycles.